The Kier molecular flexibility index (Phi) is 5.28. The second-order valence-electron chi connectivity index (χ2n) is 7.61. The third-order valence-electron chi connectivity index (χ3n) is 5.72. The number of fused-ring (bicyclic) bond motifs is 1. The molecule has 3 aromatic carbocycles. The molecular weight excluding hydrogens is 469 g/mol. The van der Waals surface area contributed by atoms with Gasteiger partial charge in [0.25, 0.3) is 11.6 Å². The Bertz CT molecular complexity index is 1280. The Morgan fingerprint density at radius 1 is 0.879 bits per heavy atom. The minimum absolute atomic E-state index is 0.147. The smallest absolute Gasteiger partial charge is 0.271 e. The number of nitrogens with zero attached hydrogens (tertiary/aromatic N) is 3. The Morgan fingerprint density at radius 3 is 2.30 bits per heavy atom. The summed E-state index contributed by atoms with van der Waals surface area (Å²) in [6.07, 6.45) is -1.12. The van der Waals surface area contributed by atoms with E-state index in [9.17, 15) is 19.7 Å². The molecule has 2 fully saturated rings. The number of rotatable bonds is 4. The highest BCUT2D eigenvalue weighted by molar-refractivity contribution is 6.32. The van der Waals surface area contributed by atoms with Crippen molar-refractivity contribution in [3.8, 4) is 0 Å². The van der Waals surface area contributed by atoms with Gasteiger partial charge in [-0.3, -0.25) is 24.5 Å². The summed E-state index contributed by atoms with van der Waals surface area (Å²) in [6, 6.07) is 18.3. The number of carbonyl (C=O) groups excluding carboxylic acids is 2. The van der Waals surface area contributed by atoms with Crippen molar-refractivity contribution in [2.75, 3.05) is 9.96 Å². The standard InChI is InChI=1S/C23H15Cl2N3O5/c24-13-8-10-14(11-9-13)26-22(29)19-20(17-6-1-2-7-18(17)25)27(33-21(19)23(26)30)15-4-3-5-16(12-15)28(31)32/h1-12,19-21H. The molecule has 0 N–H and O–H groups in total. The van der Waals surface area contributed by atoms with Crippen LogP contribution in [-0.2, 0) is 14.4 Å². The number of nitro groups is 1. The van der Waals surface area contributed by atoms with Crippen LogP contribution in [0, 0.1) is 16.0 Å². The maximum absolute atomic E-state index is 13.5. The molecule has 2 amide bonds. The van der Waals surface area contributed by atoms with Crippen LogP contribution in [0.5, 0.6) is 0 Å². The van der Waals surface area contributed by atoms with Gasteiger partial charge >= 0.3 is 0 Å². The zero-order chi connectivity index (χ0) is 23.3. The Morgan fingerprint density at radius 2 is 1.61 bits per heavy atom. The summed E-state index contributed by atoms with van der Waals surface area (Å²) in [5.74, 6) is -1.89. The molecule has 2 heterocycles. The van der Waals surface area contributed by atoms with Crippen LogP contribution in [0.1, 0.15) is 11.6 Å². The quantitative estimate of drug-likeness (QED) is 0.296. The van der Waals surface area contributed by atoms with Crippen molar-refractivity contribution in [3.63, 3.8) is 0 Å². The maximum Gasteiger partial charge on any atom is 0.271 e. The molecule has 0 bridgehead atoms. The number of hydrogen-bond donors (Lipinski definition) is 0. The lowest BCUT2D eigenvalue weighted by Crippen LogP contribution is -2.37. The van der Waals surface area contributed by atoms with E-state index >= 15 is 0 Å². The summed E-state index contributed by atoms with van der Waals surface area (Å²) in [4.78, 5) is 44.7. The number of anilines is 2. The van der Waals surface area contributed by atoms with Crippen molar-refractivity contribution in [2.45, 2.75) is 12.1 Å². The first-order valence-corrected chi connectivity index (χ1v) is 10.7. The Labute approximate surface area is 198 Å². The van der Waals surface area contributed by atoms with Crippen molar-refractivity contribution in [1.82, 2.24) is 0 Å². The van der Waals surface area contributed by atoms with Gasteiger partial charge in [-0.2, -0.15) is 0 Å². The van der Waals surface area contributed by atoms with Crippen molar-refractivity contribution in [3.05, 3.63) is 98.5 Å². The molecule has 2 aliphatic heterocycles. The van der Waals surface area contributed by atoms with Crippen LogP contribution in [0.2, 0.25) is 10.0 Å². The van der Waals surface area contributed by atoms with E-state index in [0.717, 1.165) is 4.90 Å². The molecule has 5 rings (SSSR count). The molecule has 2 saturated heterocycles. The third kappa shape index (κ3) is 3.52. The average molecular weight is 484 g/mol. The number of hydroxylamine groups is 1. The van der Waals surface area contributed by atoms with Crippen molar-refractivity contribution >= 4 is 52.1 Å². The van der Waals surface area contributed by atoms with Crippen molar-refractivity contribution in [1.29, 1.82) is 0 Å². The van der Waals surface area contributed by atoms with Crippen LogP contribution < -0.4 is 9.96 Å². The highest BCUT2D eigenvalue weighted by Crippen LogP contribution is 2.49. The number of benzene rings is 3. The molecule has 3 unspecified atom stereocenters. The molecule has 0 spiro atoms. The van der Waals surface area contributed by atoms with Crippen molar-refractivity contribution < 1.29 is 19.3 Å². The van der Waals surface area contributed by atoms with Gasteiger partial charge in [-0.1, -0.05) is 47.5 Å². The minimum Gasteiger partial charge on any atom is -0.273 e. The van der Waals surface area contributed by atoms with E-state index < -0.39 is 34.8 Å². The number of non-ortho nitro benzene ring substituents is 1. The Hall–Kier alpha value is -3.46. The molecule has 2 aliphatic rings. The van der Waals surface area contributed by atoms with Gasteiger partial charge in [-0.15, -0.1) is 0 Å². The summed E-state index contributed by atoms with van der Waals surface area (Å²) < 4.78 is 0. The molecule has 3 aromatic rings. The summed E-state index contributed by atoms with van der Waals surface area (Å²) in [6.45, 7) is 0. The van der Waals surface area contributed by atoms with E-state index in [4.69, 9.17) is 28.0 Å². The van der Waals surface area contributed by atoms with Gasteiger partial charge in [0, 0.05) is 22.2 Å². The molecule has 0 aromatic heterocycles. The monoisotopic (exact) mass is 483 g/mol. The van der Waals surface area contributed by atoms with Gasteiger partial charge in [-0.25, -0.2) is 9.96 Å². The number of carbonyl (C=O) groups is 2. The van der Waals surface area contributed by atoms with E-state index in [-0.39, 0.29) is 5.69 Å². The fourth-order valence-corrected chi connectivity index (χ4v) is 4.63. The lowest BCUT2D eigenvalue weighted by Gasteiger charge is -2.29. The zero-order valence-corrected chi connectivity index (χ0v) is 18.3. The van der Waals surface area contributed by atoms with E-state index in [1.54, 1.807) is 54.6 Å². The second-order valence-corrected chi connectivity index (χ2v) is 8.45. The van der Waals surface area contributed by atoms with E-state index in [0.29, 0.717) is 27.0 Å². The summed E-state index contributed by atoms with van der Waals surface area (Å²) in [5.41, 5.74) is 1.14. The zero-order valence-electron chi connectivity index (χ0n) is 16.8. The molecule has 8 nitrogen and oxygen atoms in total. The predicted molar refractivity (Wildman–Crippen MR) is 122 cm³/mol. The van der Waals surface area contributed by atoms with Gasteiger partial charge in [0.2, 0.25) is 5.91 Å². The molecule has 3 atom stereocenters. The van der Waals surface area contributed by atoms with Crippen LogP contribution in [0.3, 0.4) is 0 Å². The average Bonchev–Trinajstić information content (AvgIpc) is 3.31. The van der Waals surface area contributed by atoms with Crippen molar-refractivity contribution in [2.24, 2.45) is 5.92 Å². The fourth-order valence-electron chi connectivity index (χ4n) is 4.26. The highest BCUT2D eigenvalue weighted by Gasteiger charge is 2.60. The number of hydrogen-bond acceptors (Lipinski definition) is 6. The minimum atomic E-state index is -1.12. The van der Waals surface area contributed by atoms with Crippen LogP contribution in [0.15, 0.2) is 72.8 Å². The molecule has 0 aliphatic carbocycles. The summed E-state index contributed by atoms with van der Waals surface area (Å²) in [7, 11) is 0. The highest BCUT2D eigenvalue weighted by atomic mass is 35.5. The number of nitro benzene ring substituents is 1. The molecule has 0 saturated carbocycles. The molecular formula is C23H15Cl2N3O5. The first-order chi connectivity index (χ1) is 15.9. The lowest BCUT2D eigenvalue weighted by atomic mass is 9.90. The maximum atomic E-state index is 13.5. The number of imide groups is 1. The lowest BCUT2D eigenvalue weighted by molar-refractivity contribution is -0.384. The van der Waals surface area contributed by atoms with Gasteiger partial charge < -0.3 is 0 Å². The first-order valence-electron chi connectivity index (χ1n) is 9.95. The van der Waals surface area contributed by atoms with E-state index in [1.165, 1.54) is 23.3 Å². The van der Waals surface area contributed by atoms with Gasteiger partial charge in [0.1, 0.15) is 5.92 Å². The van der Waals surface area contributed by atoms with Crippen LogP contribution >= 0.6 is 23.2 Å². The van der Waals surface area contributed by atoms with Gasteiger partial charge in [-0.05, 0) is 42.0 Å². The van der Waals surface area contributed by atoms with Gasteiger partial charge in [0.05, 0.1) is 22.3 Å². The largest absolute Gasteiger partial charge is 0.273 e. The molecule has 166 valence electrons. The predicted octanol–water partition coefficient (Wildman–Crippen LogP) is 4.95. The third-order valence-corrected chi connectivity index (χ3v) is 6.32. The van der Waals surface area contributed by atoms with Crippen LogP contribution in [0.4, 0.5) is 17.1 Å². The van der Waals surface area contributed by atoms with Gasteiger partial charge in [0.15, 0.2) is 6.10 Å². The summed E-state index contributed by atoms with van der Waals surface area (Å²) >= 11 is 12.4. The normalized spacial score (nSPS) is 22.1. The first kappa shape index (κ1) is 21.4. The fraction of sp³-hybridized carbons (Fsp3) is 0.130. The SMILES string of the molecule is O=C1C2ON(c3cccc([N+](=O)[O-])c3)C(c3ccccc3Cl)C2C(=O)N1c1ccc(Cl)cc1. The topological polar surface area (TPSA) is 93.0 Å². The second kappa shape index (κ2) is 8.15. The Balaban J connectivity index is 1.61. The molecule has 0 radical (unpaired) electrons. The van der Waals surface area contributed by atoms with Crippen LogP contribution in [0.25, 0.3) is 0 Å². The van der Waals surface area contributed by atoms with E-state index in [2.05, 4.69) is 0 Å². The molecule has 33 heavy (non-hydrogen) atoms. The summed E-state index contributed by atoms with van der Waals surface area (Å²) in [5, 5.41) is 13.5. The molecule has 10 heteroatoms. The van der Waals surface area contributed by atoms with Crippen LogP contribution in [-0.4, -0.2) is 22.8 Å². The number of halogens is 2. The number of amides is 2. The van der Waals surface area contributed by atoms with E-state index in [1.807, 2.05) is 0 Å².